The molecule has 0 aliphatic heterocycles. The van der Waals surface area contributed by atoms with Gasteiger partial charge >= 0.3 is 0 Å². The maximum atomic E-state index is 11.0. The lowest BCUT2D eigenvalue weighted by Gasteiger charge is -2.08. The Hall–Kier alpha value is -2.43. The molecule has 2 aromatic rings. The number of nitrogens with zero attached hydrogens (tertiary/aromatic N) is 2. The third kappa shape index (κ3) is 3.77. The number of hydrogen-bond donors (Lipinski definition) is 2. The van der Waals surface area contributed by atoms with Gasteiger partial charge < -0.3 is 10.6 Å². The summed E-state index contributed by atoms with van der Waals surface area (Å²) in [5.74, 6) is 0.652. The number of benzene rings is 1. The van der Waals surface area contributed by atoms with E-state index in [1.807, 2.05) is 37.3 Å². The summed E-state index contributed by atoms with van der Waals surface area (Å²) in [6.07, 6.45) is 2.40. The Labute approximate surface area is 112 Å². The first-order chi connectivity index (χ1) is 9.17. The molecule has 98 valence electrons. The van der Waals surface area contributed by atoms with E-state index in [-0.39, 0.29) is 5.91 Å². The lowest BCUT2D eigenvalue weighted by Crippen LogP contribution is -2.05. The topological polar surface area (TPSA) is 66.9 Å². The normalized spacial score (nSPS) is 10.0. The van der Waals surface area contributed by atoms with Gasteiger partial charge in [0.15, 0.2) is 0 Å². The van der Waals surface area contributed by atoms with Crippen LogP contribution < -0.4 is 10.6 Å². The zero-order valence-electron chi connectivity index (χ0n) is 11.0. The summed E-state index contributed by atoms with van der Waals surface area (Å²) in [6.45, 7) is 3.53. The first-order valence-corrected chi connectivity index (χ1v) is 6.13. The molecule has 0 saturated carbocycles. The van der Waals surface area contributed by atoms with E-state index < -0.39 is 0 Å². The van der Waals surface area contributed by atoms with Crippen LogP contribution in [0.1, 0.15) is 19.5 Å². The highest BCUT2D eigenvalue weighted by molar-refractivity contribution is 5.89. The predicted molar refractivity (Wildman–Crippen MR) is 75.4 cm³/mol. The smallest absolute Gasteiger partial charge is 0.221 e. The van der Waals surface area contributed by atoms with Crippen molar-refractivity contribution in [2.45, 2.75) is 20.3 Å². The molecule has 1 heterocycles. The molecule has 0 saturated heterocycles. The van der Waals surface area contributed by atoms with Crippen LogP contribution in [-0.4, -0.2) is 15.9 Å². The van der Waals surface area contributed by atoms with Crippen molar-refractivity contribution in [3.8, 4) is 0 Å². The van der Waals surface area contributed by atoms with E-state index in [1.165, 1.54) is 6.92 Å². The Bertz CT molecular complexity index is 583. The molecule has 0 aliphatic carbocycles. The van der Waals surface area contributed by atoms with Crippen molar-refractivity contribution in [2.24, 2.45) is 0 Å². The molecule has 0 fully saturated rings. The van der Waals surface area contributed by atoms with E-state index in [2.05, 4.69) is 20.6 Å². The van der Waals surface area contributed by atoms with Crippen molar-refractivity contribution < 1.29 is 4.79 Å². The van der Waals surface area contributed by atoms with Crippen LogP contribution in [0, 0.1) is 0 Å². The molecular formula is C14H16N4O. The van der Waals surface area contributed by atoms with Crippen LogP contribution in [0.25, 0.3) is 0 Å². The monoisotopic (exact) mass is 256 g/mol. The number of rotatable bonds is 4. The van der Waals surface area contributed by atoms with Crippen LogP contribution in [0.15, 0.2) is 36.7 Å². The molecule has 5 heteroatoms. The molecule has 0 bridgehead atoms. The first-order valence-electron chi connectivity index (χ1n) is 6.13. The Morgan fingerprint density at radius 1 is 1.21 bits per heavy atom. The Kier molecular flexibility index (Phi) is 4.07. The molecule has 19 heavy (non-hydrogen) atoms. The quantitative estimate of drug-likeness (QED) is 0.882. The first kappa shape index (κ1) is 13.0. The number of carbonyl (C=O) groups excluding carboxylic acids is 1. The summed E-state index contributed by atoms with van der Waals surface area (Å²) in [5, 5.41) is 5.93. The van der Waals surface area contributed by atoms with E-state index in [9.17, 15) is 4.79 Å². The number of hydrogen-bond acceptors (Lipinski definition) is 4. The van der Waals surface area contributed by atoms with Crippen molar-refractivity contribution in [3.63, 3.8) is 0 Å². The maximum Gasteiger partial charge on any atom is 0.221 e. The van der Waals surface area contributed by atoms with Crippen LogP contribution in [0.5, 0.6) is 0 Å². The van der Waals surface area contributed by atoms with E-state index in [1.54, 1.807) is 6.33 Å². The average molecular weight is 256 g/mol. The molecule has 1 amide bonds. The summed E-state index contributed by atoms with van der Waals surface area (Å²) in [6, 6.07) is 9.39. The van der Waals surface area contributed by atoms with Crippen molar-refractivity contribution in [1.29, 1.82) is 0 Å². The molecule has 0 unspecified atom stereocenters. The van der Waals surface area contributed by atoms with Gasteiger partial charge in [0, 0.05) is 30.1 Å². The molecule has 0 atom stereocenters. The van der Waals surface area contributed by atoms with Gasteiger partial charge in [0.2, 0.25) is 5.91 Å². The van der Waals surface area contributed by atoms with Gasteiger partial charge in [0.25, 0.3) is 0 Å². The summed E-state index contributed by atoms with van der Waals surface area (Å²) in [7, 11) is 0. The van der Waals surface area contributed by atoms with Crippen molar-refractivity contribution in [3.05, 3.63) is 42.4 Å². The van der Waals surface area contributed by atoms with E-state index >= 15 is 0 Å². The number of aromatic nitrogens is 2. The van der Waals surface area contributed by atoms with Gasteiger partial charge in [-0.05, 0) is 24.6 Å². The third-order valence-corrected chi connectivity index (χ3v) is 2.54. The van der Waals surface area contributed by atoms with Gasteiger partial charge in [-0.25, -0.2) is 9.97 Å². The summed E-state index contributed by atoms with van der Waals surface area (Å²) >= 11 is 0. The molecular weight excluding hydrogens is 240 g/mol. The minimum absolute atomic E-state index is 0.0903. The van der Waals surface area contributed by atoms with E-state index in [4.69, 9.17) is 0 Å². The fourth-order valence-electron chi connectivity index (χ4n) is 1.69. The molecule has 2 N–H and O–H groups in total. The highest BCUT2D eigenvalue weighted by Gasteiger charge is 2.00. The zero-order chi connectivity index (χ0) is 13.7. The summed E-state index contributed by atoms with van der Waals surface area (Å²) in [5.41, 5.74) is 2.60. The second-order valence-corrected chi connectivity index (χ2v) is 4.14. The Morgan fingerprint density at radius 2 is 2.00 bits per heavy atom. The number of amides is 1. The van der Waals surface area contributed by atoms with Crippen molar-refractivity contribution in [1.82, 2.24) is 9.97 Å². The number of nitrogens with one attached hydrogen (secondary N) is 2. The van der Waals surface area contributed by atoms with Gasteiger partial charge in [-0.2, -0.15) is 0 Å². The van der Waals surface area contributed by atoms with Gasteiger partial charge in [-0.15, -0.1) is 0 Å². The molecule has 0 aliphatic rings. The van der Waals surface area contributed by atoms with Gasteiger partial charge in [0.1, 0.15) is 12.1 Å². The zero-order valence-corrected chi connectivity index (χ0v) is 11.0. The SMILES string of the molecule is CCc1cc(Nc2cccc(NC(C)=O)c2)ncn1. The fraction of sp³-hybridized carbons (Fsp3) is 0.214. The summed E-state index contributed by atoms with van der Waals surface area (Å²) < 4.78 is 0. The Balaban J connectivity index is 2.15. The van der Waals surface area contributed by atoms with Crippen molar-refractivity contribution >= 4 is 23.1 Å². The molecule has 1 aromatic heterocycles. The predicted octanol–water partition coefficient (Wildman–Crippen LogP) is 2.74. The van der Waals surface area contributed by atoms with E-state index in [0.717, 1.165) is 29.3 Å². The second-order valence-electron chi connectivity index (χ2n) is 4.14. The lowest BCUT2D eigenvalue weighted by atomic mass is 10.2. The number of anilines is 3. The minimum atomic E-state index is -0.0903. The molecule has 1 aromatic carbocycles. The van der Waals surface area contributed by atoms with Gasteiger partial charge in [-0.3, -0.25) is 4.79 Å². The molecule has 0 spiro atoms. The minimum Gasteiger partial charge on any atom is -0.340 e. The highest BCUT2D eigenvalue weighted by atomic mass is 16.1. The van der Waals surface area contributed by atoms with Gasteiger partial charge in [-0.1, -0.05) is 13.0 Å². The standard InChI is InChI=1S/C14H16N4O/c1-3-11-8-14(16-9-15-11)18-13-6-4-5-12(7-13)17-10(2)19/h4-9H,3H2,1-2H3,(H,17,19)(H,15,16,18). The molecule has 0 radical (unpaired) electrons. The maximum absolute atomic E-state index is 11.0. The van der Waals surface area contributed by atoms with Crippen LogP contribution in [0.2, 0.25) is 0 Å². The number of carbonyl (C=O) groups is 1. The van der Waals surface area contributed by atoms with E-state index in [0.29, 0.717) is 0 Å². The van der Waals surface area contributed by atoms with Gasteiger partial charge in [0.05, 0.1) is 0 Å². The van der Waals surface area contributed by atoms with Crippen LogP contribution in [-0.2, 0) is 11.2 Å². The average Bonchev–Trinajstić information content (AvgIpc) is 2.38. The number of aryl methyl sites for hydroxylation is 1. The molecule has 2 rings (SSSR count). The van der Waals surface area contributed by atoms with Crippen molar-refractivity contribution in [2.75, 3.05) is 10.6 Å². The van der Waals surface area contributed by atoms with Crippen LogP contribution in [0.3, 0.4) is 0 Å². The van der Waals surface area contributed by atoms with Crippen LogP contribution >= 0.6 is 0 Å². The lowest BCUT2D eigenvalue weighted by molar-refractivity contribution is -0.114. The Morgan fingerprint density at radius 3 is 2.74 bits per heavy atom. The molecule has 5 nitrogen and oxygen atoms in total. The second kappa shape index (κ2) is 5.95. The van der Waals surface area contributed by atoms with Crippen LogP contribution in [0.4, 0.5) is 17.2 Å². The summed E-state index contributed by atoms with van der Waals surface area (Å²) in [4.78, 5) is 19.3. The largest absolute Gasteiger partial charge is 0.340 e. The fourth-order valence-corrected chi connectivity index (χ4v) is 1.69. The third-order valence-electron chi connectivity index (χ3n) is 2.54. The highest BCUT2D eigenvalue weighted by Crippen LogP contribution is 2.19.